The molecule has 1 fully saturated rings. The second-order valence-corrected chi connectivity index (χ2v) is 5.38. The first kappa shape index (κ1) is 17.4. The molecule has 0 radical (unpaired) electrons. The van der Waals surface area contributed by atoms with Gasteiger partial charge in [0.25, 0.3) is 0 Å². The maximum atomic E-state index is 12.2. The van der Waals surface area contributed by atoms with Crippen molar-refractivity contribution < 1.29 is 14.3 Å². The molecule has 5 nitrogen and oxygen atoms in total. The van der Waals surface area contributed by atoms with Gasteiger partial charge in [-0.2, -0.15) is 0 Å². The van der Waals surface area contributed by atoms with Gasteiger partial charge in [0.2, 0.25) is 5.91 Å². The summed E-state index contributed by atoms with van der Waals surface area (Å²) in [6.45, 7) is 7.08. The number of methoxy groups -OCH3 is 1. The molecule has 2 atom stereocenters. The zero-order valence-electron chi connectivity index (χ0n) is 13.2. The van der Waals surface area contributed by atoms with Crippen molar-refractivity contribution in [2.75, 3.05) is 33.5 Å². The summed E-state index contributed by atoms with van der Waals surface area (Å²) in [5.41, 5.74) is 0. The van der Waals surface area contributed by atoms with Gasteiger partial charge in [-0.15, -0.1) is 0 Å². The minimum atomic E-state index is 0.0305. The zero-order valence-corrected chi connectivity index (χ0v) is 13.2. The predicted molar refractivity (Wildman–Crippen MR) is 79.6 cm³/mol. The van der Waals surface area contributed by atoms with E-state index < -0.39 is 0 Å². The van der Waals surface area contributed by atoms with E-state index in [1.54, 1.807) is 7.11 Å². The Hall–Kier alpha value is -0.650. The van der Waals surface area contributed by atoms with Crippen molar-refractivity contribution in [1.29, 1.82) is 0 Å². The summed E-state index contributed by atoms with van der Waals surface area (Å²) >= 11 is 0. The van der Waals surface area contributed by atoms with Crippen molar-refractivity contribution in [3.05, 3.63) is 0 Å². The molecule has 0 saturated carbocycles. The van der Waals surface area contributed by atoms with Crippen LogP contribution in [-0.4, -0.2) is 56.5 Å². The van der Waals surface area contributed by atoms with E-state index in [9.17, 15) is 4.79 Å². The standard InChI is InChI=1S/C15H30N2O3/c1-4-5-8-14-15(18)17(13(2)16-14)9-6-7-10-20-12-11-19-3/h13-14,16H,4-12H2,1-3H3. The largest absolute Gasteiger partial charge is 0.382 e. The highest BCUT2D eigenvalue weighted by Gasteiger charge is 2.35. The smallest absolute Gasteiger partial charge is 0.241 e. The van der Waals surface area contributed by atoms with Gasteiger partial charge in [0.1, 0.15) is 0 Å². The first-order chi connectivity index (χ1) is 9.70. The molecule has 1 saturated heterocycles. The third-order valence-electron chi connectivity index (χ3n) is 3.71. The number of ether oxygens (including phenoxy) is 2. The van der Waals surface area contributed by atoms with E-state index in [0.29, 0.717) is 13.2 Å². The predicted octanol–water partition coefficient (Wildman–Crippen LogP) is 1.77. The van der Waals surface area contributed by atoms with Crippen LogP contribution in [0.3, 0.4) is 0 Å². The van der Waals surface area contributed by atoms with Crippen LogP contribution < -0.4 is 5.32 Å². The van der Waals surface area contributed by atoms with Crippen LogP contribution in [0.15, 0.2) is 0 Å². The number of carbonyl (C=O) groups excluding carboxylic acids is 1. The zero-order chi connectivity index (χ0) is 14.8. The van der Waals surface area contributed by atoms with E-state index in [4.69, 9.17) is 9.47 Å². The minimum Gasteiger partial charge on any atom is -0.382 e. The first-order valence-electron chi connectivity index (χ1n) is 7.84. The van der Waals surface area contributed by atoms with Crippen LogP contribution in [0.1, 0.15) is 46.0 Å². The van der Waals surface area contributed by atoms with Gasteiger partial charge < -0.3 is 14.4 Å². The number of carbonyl (C=O) groups is 1. The molecule has 1 rings (SSSR count). The highest BCUT2D eigenvalue weighted by molar-refractivity contribution is 5.84. The summed E-state index contributed by atoms with van der Waals surface area (Å²) in [6, 6.07) is 0.0305. The lowest BCUT2D eigenvalue weighted by Crippen LogP contribution is -2.35. The van der Waals surface area contributed by atoms with Gasteiger partial charge in [0.05, 0.1) is 25.4 Å². The van der Waals surface area contributed by atoms with E-state index in [2.05, 4.69) is 19.2 Å². The molecule has 20 heavy (non-hydrogen) atoms. The number of hydrogen-bond acceptors (Lipinski definition) is 4. The number of amides is 1. The van der Waals surface area contributed by atoms with Gasteiger partial charge in [-0.25, -0.2) is 0 Å². The van der Waals surface area contributed by atoms with Gasteiger partial charge in [0.15, 0.2) is 0 Å². The lowest BCUT2D eigenvalue weighted by Gasteiger charge is -2.20. The quantitative estimate of drug-likeness (QED) is 0.588. The lowest BCUT2D eigenvalue weighted by atomic mass is 10.1. The molecule has 2 unspecified atom stereocenters. The van der Waals surface area contributed by atoms with E-state index in [1.807, 2.05) is 4.90 Å². The minimum absolute atomic E-state index is 0.0305. The van der Waals surface area contributed by atoms with Crippen molar-refractivity contribution >= 4 is 5.91 Å². The Morgan fingerprint density at radius 1 is 1.20 bits per heavy atom. The van der Waals surface area contributed by atoms with E-state index in [1.165, 1.54) is 0 Å². The molecule has 0 spiro atoms. The molecule has 1 aliphatic heterocycles. The summed E-state index contributed by atoms with van der Waals surface area (Å²) in [5.74, 6) is 0.270. The average molecular weight is 286 g/mol. The van der Waals surface area contributed by atoms with Crippen molar-refractivity contribution in [2.24, 2.45) is 0 Å². The fourth-order valence-corrected chi connectivity index (χ4v) is 2.49. The van der Waals surface area contributed by atoms with Gasteiger partial charge in [0, 0.05) is 20.3 Å². The Morgan fingerprint density at radius 3 is 2.70 bits per heavy atom. The van der Waals surface area contributed by atoms with Crippen molar-refractivity contribution in [3.63, 3.8) is 0 Å². The normalized spacial score (nSPS) is 22.8. The molecule has 118 valence electrons. The topological polar surface area (TPSA) is 50.8 Å². The van der Waals surface area contributed by atoms with Gasteiger partial charge in [-0.05, 0) is 26.2 Å². The third-order valence-corrected chi connectivity index (χ3v) is 3.71. The van der Waals surface area contributed by atoms with Crippen molar-refractivity contribution in [2.45, 2.75) is 58.2 Å². The number of unbranched alkanes of at least 4 members (excludes halogenated alkanes) is 2. The number of rotatable bonds is 11. The van der Waals surface area contributed by atoms with Crippen molar-refractivity contribution in [3.8, 4) is 0 Å². The monoisotopic (exact) mass is 286 g/mol. The number of nitrogens with one attached hydrogen (secondary N) is 1. The van der Waals surface area contributed by atoms with Crippen molar-refractivity contribution in [1.82, 2.24) is 10.2 Å². The first-order valence-corrected chi connectivity index (χ1v) is 7.84. The van der Waals surface area contributed by atoms with E-state index >= 15 is 0 Å². The summed E-state index contributed by atoms with van der Waals surface area (Å²) in [5, 5.41) is 3.39. The van der Waals surface area contributed by atoms with Gasteiger partial charge >= 0.3 is 0 Å². The van der Waals surface area contributed by atoms with Gasteiger partial charge in [-0.1, -0.05) is 19.8 Å². The molecule has 5 heteroatoms. The van der Waals surface area contributed by atoms with Crippen LogP contribution >= 0.6 is 0 Å². The number of nitrogens with zero attached hydrogens (tertiary/aromatic N) is 1. The van der Waals surface area contributed by atoms with Crippen LogP contribution in [0.4, 0.5) is 0 Å². The van der Waals surface area contributed by atoms with Crippen LogP contribution in [0.25, 0.3) is 0 Å². The van der Waals surface area contributed by atoms with E-state index in [0.717, 1.165) is 45.3 Å². The highest BCUT2D eigenvalue weighted by Crippen LogP contribution is 2.15. The van der Waals surface area contributed by atoms with Crippen LogP contribution in [0.2, 0.25) is 0 Å². The summed E-state index contributed by atoms with van der Waals surface area (Å²) in [7, 11) is 1.67. The molecule has 1 aliphatic rings. The summed E-state index contributed by atoms with van der Waals surface area (Å²) in [4.78, 5) is 14.2. The Balaban J connectivity index is 2.14. The average Bonchev–Trinajstić information content (AvgIpc) is 2.71. The molecule has 0 aromatic carbocycles. The molecular weight excluding hydrogens is 256 g/mol. The second-order valence-electron chi connectivity index (χ2n) is 5.38. The number of hydrogen-bond donors (Lipinski definition) is 1. The molecular formula is C15H30N2O3. The Bertz CT molecular complexity index is 274. The molecule has 1 heterocycles. The second kappa shape index (κ2) is 10.1. The molecule has 1 amide bonds. The molecule has 0 aromatic rings. The highest BCUT2D eigenvalue weighted by atomic mass is 16.5. The maximum Gasteiger partial charge on any atom is 0.241 e. The maximum absolute atomic E-state index is 12.2. The van der Waals surface area contributed by atoms with Crippen LogP contribution in [0.5, 0.6) is 0 Å². The summed E-state index contributed by atoms with van der Waals surface area (Å²) < 4.78 is 10.3. The molecule has 0 bridgehead atoms. The van der Waals surface area contributed by atoms with Gasteiger partial charge in [-0.3, -0.25) is 10.1 Å². The molecule has 0 aromatic heterocycles. The fraction of sp³-hybridized carbons (Fsp3) is 0.933. The summed E-state index contributed by atoms with van der Waals surface area (Å²) in [6.07, 6.45) is 5.34. The molecule has 1 N–H and O–H groups in total. The Labute approximate surface area is 123 Å². The fourth-order valence-electron chi connectivity index (χ4n) is 2.49. The lowest BCUT2D eigenvalue weighted by molar-refractivity contribution is -0.130. The Kier molecular flexibility index (Phi) is 8.82. The van der Waals surface area contributed by atoms with Crippen LogP contribution in [0, 0.1) is 0 Å². The van der Waals surface area contributed by atoms with Crippen LogP contribution in [-0.2, 0) is 14.3 Å². The SMILES string of the molecule is CCCCC1NC(C)N(CCCCOCCOC)C1=O. The third kappa shape index (κ3) is 5.77. The molecule has 0 aliphatic carbocycles. The Morgan fingerprint density at radius 2 is 2.00 bits per heavy atom. The van der Waals surface area contributed by atoms with E-state index in [-0.39, 0.29) is 18.1 Å².